The molecule has 1 amide bonds. The largest absolute Gasteiger partial charge is 0.399 e. The first kappa shape index (κ1) is 17.4. The number of benzene rings is 1. The Morgan fingerprint density at radius 1 is 1.29 bits per heavy atom. The van der Waals surface area contributed by atoms with Crippen LogP contribution in [0.3, 0.4) is 0 Å². The zero-order chi connectivity index (χ0) is 16.2. The van der Waals surface area contributed by atoms with Crippen LogP contribution < -0.4 is 5.73 Å². The number of nitrogens with zero attached hydrogens (tertiary/aromatic N) is 2. The van der Waals surface area contributed by atoms with Crippen molar-refractivity contribution < 1.29 is 9.18 Å². The van der Waals surface area contributed by atoms with Crippen LogP contribution in [-0.2, 0) is 0 Å². The Morgan fingerprint density at radius 3 is 2.43 bits per heavy atom. The molecule has 0 bridgehead atoms. The van der Waals surface area contributed by atoms with Gasteiger partial charge in [-0.05, 0) is 44.6 Å². The standard InChI is InChI=1S/C16H26FN3O/c1-11(2)10-20(7-6-19(4)5)16(21)14-9-13(18)8-12(3)15(14)17/h8-9,11H,6-7,10,18H2,1-5H3. The van der Waals surface area contributed by atoms with Crippen molar-refractivity contribution in [3.63, 3.8) is 0 Å². The van der Waals surface area contributed by atoms with Gasteiger partial charge >= 0.3 is 0 Å². The van der Waals surface area contributed by atoms with Crippen LogP contribution in [0.4, 0.5) is 10.1 Å². The van der Waals surface area contributed by atoms with Gasteiger partial charge in [-0.3, -0.25) is 4.79 Å². The van der Waals surface area contributed by atoms with Gasteiger partial charge in [0, 0.05) is 25.3 Å². The second-order valence-electron chi connectivity index (χ2n) is 6.15. The molecule has 0 saturated heterocycles. The molecule has 0 aliphatic rings. The third-order valence-electron chi connectivity index (χ3n) is 3.20. The Labute approximate surface area is 126 Å². The van der Waals surface area contributed by atoms with Crippen LogP contribution in [0.1, 0.15) is 29.8 Å². The van der Waals surface area contributed by atoms with Crippen LogP contribution in [0.25, 0.3) is 0 Å². The highest BCUT2D eigenvalue weighted by Crippen LogP contribution is 2.19. The first-order valence-corrected chi connectivity index (χ1v) is 7.22. The van der Waals surface area contributed by atoms with Gasteiger partial charge in [0.25, 0.3) is 5.91 Å². The second-order valence-corrected chi connectivity index (χ2v) is 6.15. The Balaban J connectivity index is 3.04. The van der Waals surface area contributed by atoms with Crippen LogP contribution in [0.2, 0.25) is 0 Å². The van der Waals surface area contributed by atoms with E-state index in [1.807, 2.05) is 32.8 Å². The van der Waals surface area contributed by atoms with Gasteiger partial charge in [-0.15, -0.1) is 0 Å². The Kier molecular flexibility index (Phi) is 6.15. The SMILES string of the molecule is Cc1cc(N)cc(C(=O)N(CCN(C)C)CC(C)C)c1F. The fourth-order valence-electron chi connectivity index (χ4n) is 2.16. The lowest BCUT2D eigenvalue weighted by molar-refractivity contribution is 0.0720. The maximum atomic E-state index is 14.2. The number of halogens is 1. The van der Waals surface area contributed by atoms with Crippen molar-refractivity contribution in [3.8, 4) is 0 Å². The summed E-state index contributed by atoms with van der Waals surface area (Å²) < 4.78 is 14.2. The van der Waals surface area contributed by atoms with E-state index in [0.29, 0.717) is 30.3 Å². The van der Waals surface area contributed by atoms with Crippen molar-refractivity contribution >= 4 is 11.6 Å². The van der Waals surface area contributed by atoms with E-state index in [1.54, 1.807) is 17.9 Å². The van der Waals surface area contributed by atoms with E-state index in [2.05, 4.69) is 0 Å². The summed E-state index contributed by atoms with van der Waals surface area (Å²) in [7, 11) is 3.90. The normalized spacial score (nSPS) is 11.2. The summed E-state index contributed by atoms with van der Waals surface area (Å²) in [5.74, 6) is -0.451. The van der Waals surface area contributed by atoms with Gasteiger partial charge in [0.15, 0.2) is 0 Å². The highest BCUT2D eigenvalue weighted by Gasteiger charge is 2.21. The zero-order valence-corrected chi connectivity index (χ0v) is 13.6. The number of hydrogen-bond donors (Lipinski definition) is 1. The fraction of sp³-hybridized carbons (Fsp3) is 0.562. The minimum absolute atomic E-state index is 0.0620. The van der Waals surface area contributed by atoms with Crippen molar-refractivity contribution in [2.45, 2.75) is 20.8 Å². The number of anilines is 1. The highest BCUT2D eigenvalue weighted by atomic mass is 19.1. The molecule has 0 spiro atoms. The second kappa shape index (κ2) is 7.41. The average molecular weight is 295 g/mol. The smallest absolute Gasteiger partial charge is 0.256 e. The van der Waals surface area contributed by atoms with Gasteiger partial charge in [0.05, 0.1) is 5.56 Å². The molecule has 0 aliphatic heterocycles. The lowest BCUT2D eigenvalue weighted by Gasteiger charge is -2.26. The lowest BCUT2D eigenvalue weighted by Crippen LogP contribution is -2.39. The molecule has 0 unspecified atom stereocenters. The molecule has 0 heterocycles. The van der Waals surface area contributed by atoms with Gasteiger partial charge in [0.2, 0.25) is 0 Å². The van der Waals surface area contributed by atoms with Gasteiger partial charge in [-0.1, -0.05) is 13.8 Å². The average Bonchev–Trinajstić information content (AvgIpc) is 2.37. The van der Waals surface area contributed by atoms with E-state index in [9.17, 15) is 9.18 Å². The molecule has 1 aromatic rings. The van der Waals surface area contributed by atoms with E-state index in [-0.39, 0.29) is 11.5 Å². The summed E-state index contributed by atoms with van der Waals surface area (Å²) in [5, 5.41) is 0. The third-order valence-corrected chi connectivity index (χ3v) is 3.20. The molecule has 0 radical (unpaired) electrons. The zero-order valence-electron chi connectivity index (χ0n) is 13.6. The van der Waals surface area contributed by atoms with Crippen LogP contribution >= 0.6 is 0 Å². The van der Waals surface area contributed by atoms with Crippen LogP contribution in [0, 0.1) is 18.7 Å². The van der Waals surface area contributed by atoms with E-state index in [4.69, 9.17) is 5.73 Å². The molecule has 1 rings (SSSR count). The molecule has 4 nitrogen and oxygen atoms in total. The number of rotatable bonds is 6. The van der Waals surface area contributed by atoms with Crippen molar-refractivity contribution in [2.24, 2.45) is 5.92 Å². The minimum Gasteiger partial charge on any atom is -0.399 e. The number of carbonyl (C=O) groups is 1. The Bertz CT molecular complexity index is 501. The molecular formula is C16H26FN3O. The van der Waals surface area contributed by atoms with Gasteiger partial charge in [-0.2, -0.15) is 0 Å². The number of nitrogens with two attached hydrogens (primary N) is 1. The number of nitrogen functional groups attached to an aromatic ring is 1. The van der Waals surface area contributed by atoms with E-state index in [1.165, 1.54) is 6.07 Å². The number of aryl methyl sites for hydroxylation is 1. The molecule has 21 heavy (non-hydrogen) atoms. The summed E-state index contributed by atoms with van der Waals surface area (Å²) in [6.45, 7) is 7.60. The lowest BCUT2D eigenvalue weighted by atomic mass is 10.1. The summed E-state index contributed by atoms with van der Waals surface area (Å²) in [4.78, 5) is 16.3. The number of carbonyl (C=O) groups excluding carboxylic acids is 1. The molecule has 0 fully saturated rings. The summed E-state index contributed by atoms with van der Waals surface area (Å²) >= 11 is 0. The van der Waals surface area contributed by atoms with Crippen LogP contribution in [0.15, 0.2) is 12.1 Å². The molecule has 2 N–H and O–H groups in total. The van der Waals surface area contributed by atoms with Crippen molar-refractivity contribution in [2.75, 3.05) is 39.5 Å². The van der Waals surface area contributed by atoms with Crippen molar-refractivity contribution in [1.29, 1.82) is 0 Å². The first-order valence-electron chi connectivity index (χ1n) is 7.22. The summed E-state index contributed by atoms with van der Waals surface area (Å²) in [6.07, 6.45) is 0. The summed E-state index contributed by atoms with van der Waals surface area (Å²) in [5.41, 5.74) is 6.62. The topological polar surface area (TPSA) is 49.6 Å². The van der Waals surface area contributed by atoms with E-state index >= 15 is 0 Å². The fourth-order valence-corrected chi connectivity index (χ4v) is 2.16. The molecular weight excluding hydrogens is 269 g/mol. The minimum atomic E-state index is -0.479. The van der Waals surface area contributed by atoms with E-state index < -0.39 is 5.82 Å². The Hall–Kier alpha value is -1.62. The molecule has 1 aromatic carbocycles. The molecule has 118 valence electrons. The number of hydrogen-bond acceptors (Lipinski definition) is 3. The Morgan fingerprint density at radius 2 is 1.90 bits per heavy atom. The predicted octanol–water partition coefficient (Wildman–Crippen LogP) is 2.38. The van der Waals surface area contributed by atoms with Gasteiger partial charge in [0.1, 0.15) is 5.82 Å². The molecule has 5 heteroatoms. The maximum absolute atomic E-state index is 14.2. The molecule has 0 saturated carbocycles. The molecule has 0 aromatic heterocycles. The highest BCUT2D eigenvalue weighted by molar-refractivity contribution is 5.95. The molecule has 0 aliphatic carbocycles. The van der Waals surface area contributed by atoms with Crippen LogP contribution in [0.5, 0.6) is 0 Å². The van der Waals surface area contributed by atoms with Crippen LogP contribution in [-0.4, -0.2) is 49.4 Å². The molecule has 0 atom stereocenters. The van der Waals surface area contributed by atoms with E-state index in [0.717, 1.165) is 6.54 Å². The predicted molar refractivity (Wildman–Crippen MR) is 84.8 cm³/mol. The van der Waals surface area contributed by atoms with Crippen molar-refractivity contribution in [3.05, 3.63) is 29.1 Å². The summed E-state index contributed by atoms with van der Waals surface area (Å²) in [6, 6.07) is 2.96. The van der Waals surface area contributed by atoms with Gasteiger partial charge in [-0.25, -0.2) is 4.39 Å². The maximum Gasteiger partial charge on any atom is 0.256 e. The van der Waals surface area contributed by atoms with Gasteiger partial charge < -0.3 is 15.5 Å². The number of likely N-dealkylation sites (N-methyl/N-ethyl adjacent to an activating group) is 1. The quantitative estimate of drug-likeness (QED) is 0.820. The number of amides is 1. The monoisotopic (exact) mass is 295 g/mol. The third kappa shape index (κ3) is 5.01. The first-order chi connectivity index (χ1) is 9.72. The van der Waals surface area contributed by atoms with Crippen molar-refractivity contribution in [1.82, 2.24) is 9.80 Å².